The lowest BCUT2D eigenvalue weighted by atomic mass is 10.1. The van der Waals surface area contributed by atoms with Gasteiger partial charge in [0.2, 0.25) is 5.91 Å². The topological polar surface area (TPSA) is 55.1 Å². The first-order chi connectivity index (χ1) is 7.82. The first kappa shape index (κ1) is 17.1. The van der Waals surface area contributed by atoms with Crippen LogP contribution in [-0.4, -0.2) is 26.1 Å². The number of hydrogen-bond donors (Lipinski definition) is 2. The smallest absolute Gasteiger partial charge is 0.239 e. The van der Waals surface area contributed by atoms with E-state index in [2.05, 4.69) is 32.5 Å². The van der Waals surface area contributed by atoms with E-state index in [0.29, 0.717) is 0 Å². The number of carbonyl (C=O) groups is 1. The number of amides is 1. The van der Waals surface area contributed by atoms with Crippen LogP contribution in [0, 0.1) is 0 Å². The molecule has 0 bridgehead atoms. The molecule has 0 aliphatic carbocycles. The molecule has 0 aromatic heterocycles. The first-order valence-electron chi connectivity index (χ1n) is 5.66. The van der Waals surface area contributed by atoms with Crippen molar-refractivity contribution in [2.75, 3.05) is 6.66 Å². The molecule has 0 fully saturated rings. The molecule has 3 N–H and O–H groups in total. The number of benzene rings is 1. The van der Waals surface area contributed by atoms with E-state index in [9.17, 15) is 4.79 Å². The summed E-state index contributed by atoms with van der Waals surface area (Å²) in [5.41, 5.74) is 6.40. The van der Waals surface area contributed by atoms with E-state index in [1.165, 1.54) is 0 Å². The van der Waals surface area contributed by atoms with Gasteiger partial charge in [0.15, 0.2) is 0 Å². The number of hydrogen-bond acceptors (Lipinski definition) is 2. The van der Waals surface area contributed by atoms with Gasteiger partial charge in [0, 0.05) is 0 Å². The molecule has 0 radical (unpaired) electrons. The molecule has 0 spiro atoms. The summed E-state index contributed by atoms with van der Waals surface area (Å²) >= 11 is 0. The lowest BCUT2D eigenvalue weighted by Crippen LogP contribution is -2.34. The highest BCUT2D eigenvalue weighted by Crippen LogP contribution is 2.43. The van der Waals surface area contributed by atoms with Gasteiger partial charge in [0.1, 0.15) is 6.04 Å². The second-order valence-corrected chi connectivity index (χ2v) is 7.82. The number of primary amides is 1. The fourth-order valence-corrected chi connectivity index (χ4v) is 2.39. The number of carbonyl (C=O) groups excluding carboxylic acids is 1. The van der Waals surface area contributed by atoms with Crippen LogP contribution in [0.1, 0.15) is 32.4 Å². The van der Waals surface area contributed by atoms with Gasteiger partial charge in [-0.1, -0.05) is 51.1 Å². The van der Waals surface area contributed by atoms with Crippen LogP contribution < -0.4 is 10.8 Å². The molecule has 1 unspecified atom stereocenters. The van der Waals surface area contributed by atoms with Crippen LogP contribution in [-0.2, 0) is 4.79 Å². The predicted octanol–water partition coefficient (Wildman–Crippen LogP) is 1.44. The maximum atomic E-state index is 11.5. The summed E-state index contributed by atoms with van der Waals surface area (Å²) < 4.78 is 0. The Morgan fingerprint density at radius 3 is 2.17 bits per heavy atom. The van der Waals surface area contributed by atoms with E-state index in [0.717, 1.165) is 5.56 Å². The second kappa shape index (κ2) is 6.91. The third-order valence-corrected chi connectivity index (χ3v) is 5.40. The van der Waals surface area contributed by atoms with E-state index in [4.69, 9.17) is 5.73 Å². The van der Waals surface area contributed by atoms with Gasteiger partial charge < -0.3 is 5.73 Å². The predicted molar refractivity (Wildman–Crippen MR) is 84.0 cm³/mol. The van der Waals surface area contributed by atoms with Crippen molar-refractivity contribution in [1.82, 2.24) is 5.09 Å². The summed E-state index contributed by atoms with van der Waals surface area (Å²) in [6, 6.07) is 9.22. The van der Waals surface area contributed by atoms with Gasteiger partial charge in [-0.15, -0.1) is 0 Å². The van der Waals surface area contributed by atoms with Gasteiger partial charge in [-0.05, 0) is 25.5 Å². The summed E-state index contributed by atoms with van der Waals surface area (Å²) in [5.74, 6) is -0.324. The van der Waals surface area contributed by atoms with Crippen molar-refractivity contribution in [3.8, 4) is 0 Å². The quantitative estimate of drug-likeness (QED) is 0.640. The summed E-state index contributed by atoms with van der Waals surface area (Å²) in [5, 5.41) is 3.51. The van der Waals surface area contributed by atoms with E-state index < -0.39 is 14.1 Å². The zero-order valence-electron chi connectivity index (χ0n) is 10.9. The summed E-state index contributed by atoms with van der Waals surface area (Å²) in [6.45, 7) is 8.62. The second-order valence-electron chi connectivity index (χ2n) is 5.11. The molecule has 18 heavy (non-hydrogen) atoms. The van der Waals surface area contributed by atoms with Gasteiger partial charge in [0.05, 0.1) is 8.41 Å². The Labute approximate surface area is 113 Å². The molecular formula is C13H24BN2OP. The lowest BCUT2D eigenvalue weighted by molar-refractivity contribution is -0.119. The van der Waals surface area contributed by atoms with Gasteiger partial charge in [-0.2, -0.15) is 0 Å². The standard InChI is InChI=1S/C13H21N2OP.BH3/c1-13(2,3)17(4)15-11(12(14)16)10-8-6-5-7-9-10;/h5-9,11,15H,1-4H3,(H2,14,16);1H3/t11-,17?;/m1./s1. The number of nitrogens with one attached hydrogen (secondary N) is 1. The molecule has 1 aromatic carbocycles. The Morgan fingerprint density at radius 1 is 1.28 bits per heavy atom. The zero-order chi connectivity index (χ0) is 13.1. The van der Waals surface area contributed by atoms with Crippen LogP contribution in [0.5, 0.6) is 0 Å². The molecule has 2 atom stereocenters. The van der Waals surface area contributed by atoms with Crippen LogP contribution >= 0.6 is 8.07 Å². The first-order valence-corrected chi connectivity index (χ1v) is 7.45. The molecule has 1 rings (SSSR count). The van der Waals surface area contributed by atoms with Gasteiger partial charge in [0.25, 0.3) is 0 Å². The van der Waals surface area contributed by atoms with E-state index in [-0.39, 0.29) is 19.5 Å². The van der Waals surface area contributed by atoms with Crippen molar-refractivity contribution in [1.29, 1.82) is 0 Å². The molecule has 0 aliphatic heterocycles. The molecule has 0 heterocycles. The van der Waals surface area contributed by atoms with Crippen LogP contribution in [0.2, 0.25) is 0 Å². The average Bonchev–Trinajstić information content (AvgIpc) is 2.25. The van der Waals surface area contributed by atoms with Crippen molar-refractivity contribution in [3.63, 3.8) is 0 Å². The van der Waals surface area contributed by atoms with Gasteiger partial charge in [-0.25, -0.2) is 0 Å². The van der Waals surface area contributed by atoms with Crippen LogP contribution in [0.4, 0.5) is 0 Å². The minimum absolute atomic E-state index is 0. The van der Waals surface area contributed by atoms with Crippen LogP contribution in [0.25, 0.3) is 0 Å². The highest BCUT2D eigenvalue weighted by molar-refractivity contribution is 7.56. The molecule has 3 nitrogen and oxygen atoms in total. The van der Waals surface area contributed by atoms with E-state index >= 15 is 0 Å². The van der Waals surface area contributed by atoms with Crippen molar-refractivity contribution < 1.29 is 4.79 Å². The molecule has 0 aliphatic rings. The zero-order valence-corrected chi connectivity index (χ0v) is 11.8. The van der Waals surface area contributed by atoms with Gasteiger partial charge in [-0.3, -0.25) is 9.88 Å². The Balaban J connectivity index is 0.00000289. The third-order valence-electron chi connectivity index (χ3n) is 2.75. The van der Waals surface area contributed by atoms with E-state index in [1.807, 2.05) is 30.3 Å². The summed E-state index contributed by atoms with van der Waals surface area (Å²) in [6.07, 6.45) is 0. The fraction of sp³-hybridized carbons (Fsp3) is 0.462. The van der Waals surface area contributed by atoms with Crippen molar-refractivity contribution >= 4 is 22.4 Å². The molecule has 100 valence electrons. The highest BCUT2D eigenvalue weighted by atomic mass is 31.1. The van der Waals surface area contributed by atoms with Crippen LogP contribution in [0.15, 0.2) is 30.3 Å². The van der Waals surface area contributed by atoms with Crippen molar-refractivity contribution in [3.05, 3.63) is 35.9 Å². The summed E-state index contributed by atoms with van der Waals surface area (Å²) in [4.78, 5) is 11.5. The Hall–Kier alpha value is -0.855. The molecule has 5 heteroatoms. The van der Waals surface area contributed by atoms with Crippen molar-refractivity contribution in [2.45, 2.75) is 32.0 Å². The molecule has 0 saturated carbocycles. The maximum absolute atomic E-state index is 11.5. The SMILES string of the molecule is B.CP(N[C@@H](C(N)=O)c1ccccc1)C(C)(C)C. The largest absolute Gasteiger partial charge is 0.368 e. The van der Waals surface area contributed by atoms with Crippen molar-refractivity contribution in [2.24, 2.45) is 5.73 Å². The van der Waals surface area contributed by atoms with E-state index in [1.54, 1.807) is 0 Å². The normalized spacial score (nSPS) is 14.4. The fourth-order valence-electron chi connectivity index (χ4n) is 1.34. The minimum atomic E-state index is -0.468. The molecule has 0 saturated heterocycles. The van der Waals surface area contributed by atoms with Crippen LogP contribution in [0.3, 0.4) is 0 Å². The average molecular weight is 266 g/mol. The molecule has 1 amide bonds. The van der Waals surface area contributed by atoms with Gasteiger partial charge >= 0.3 is 0 Å². The highest BCUT2D eigenvalue weighted by Gasteiger charge is 2.26. The Kier molecular flexibility index (Phi) is 6.58. The monoisotopic (exact) mass is 266 g/mol. The third kappa shape index (κ3) is 4.79. The Bertz CT molecular complexity index is 378. The molecular weight excluding hydrogens is 242 g/mol. The Morgan fingerprint density at radius 2 is 1.78 bits per heavy atom. The lowest BCUT2D eigenvalue weighted by Gasteiger charge is -2.31. The maximum Gasteiger partial charge on any atom is 0.239 e. The molecule has 1 aromatic rings. The summed E-state index contributed by atoms with van der Waals surface area (Å²) in [7, 11) is -0.468. The minimum Gasteiger partial charge on any atom is -0.368 e. The number of nitrogens with two attached hydrogens (primary N) is 1. The number of rotatable bonds is 4.